The van der Waals surface area contributed by atoms with Crippen LogP contribution in [0.5, 0.6) is 0 Å². The maximum Gasteiger partial charge on any atom is 0.311 e. The Morgan fingerprint density at radius 1 is 1.33 bits per heavy atom. The maximum absolute atomic E-state index is 12.8. The second-order valence-electron chi connectivity index (χ2n) is 6.59. The summed E-state index contributed by atoms with van der Waals surface area (Å²) in [6, 6.07) is 5.14. The van der Waals surface area contributed by atoms with Crippen molar-refractivity contribution >= 4 is 11.9 Å². The number of rotatable bonds is 3. The summed E-state index contributed by atoms with van der Waals surface area (Å²) in [6.45, 7) is 0.815. The van der Waals surface area contributed by atoms with Crippen LogP contribution in [0.15, 0.2) is 36.8 Å². The fourth-order valence-electron chi connectivity index (χ4n) is 4.06. The maximum atomic E-state index is 12.8. The minimum atomic E-state index is -0.771. The zero-order valence-corrected chi connectivity index (χ0v) is 13.1. The summed E-state index contributed by atoms with van der Waals surface area (Å²) in [4.78, 5) is 30.5. The summed E-state index contributed by atoms with van der Waals surface area (Å²) in [5.74, 6) is -0.280. The van der Waals surface area contributed by atoms with Gasteiger partial charge in [0.15, 0.2) is 5.82 Å². The molecule has 1 saturated carbocycles. The van der Waals surface area contributed by atoms with Crippen LogP contribution >= 0.6 is 0 Å². The smallest absolute Gasteiger partial charge is 0.311 e. The number of hydrogen-bond donors (Lipinski definition) is 1. The van der Waals surface area contributed by atoms with Crippen LogP contribution < -0.4 is 0 Å². The lowest BCUT2D eigenvalue weighted by molar-refractivity contribution is -0.149. The van der Waals surface area contributed by atoms with Crippen molar-refractivity contribution in [2.75, 3.05) is 13.1 Å². The summed E-state index contributed by atoms with van der Waals surface area (Å²) in [7, 11) is 0. The SMILES string of the molecule is O=C(c1ccnc(-n2cccn2)c1)N1C[C@@H]2CCC[C@@]2(C(=O)O)C1. The molecule has 7 heteroatoms. The Morgan fingerprint density at radius 3 is 2.92 bits per heavy atom. The van der Waals surface area contributed by atoms with Gasteiger partial charge in [0.2, 0.25) is 0 Å². The van der Waals surface area contributed by atoms with Crippen LogP contribution in [-0.4, -0.2) is 49.7 Å². The molecule has 1 aliphatic carbocycles. The van der Waals surface area contributed by atoms with Gasteiger partial charge >= 0.3 is 5.97 Å². The first kappa shape index (κ1) is 14.9. The van der Waals surface area contributed by atoms with Crippen molar-refractivity contribution in [1.82, 2.24) is 19.7 Å². The van der Waals surface area contributed by atoms with E-state index in [1.807, 2.05) is 0 Å². The Labute approximate surface area is 138 Å². The average molecular weight is 326 g/mol. The first-order valence-corrected chi connectivity index (χ1v) is 8.09. The van der Waals surface area contributed by atoms with Crippen molar-refractivity contribution in [2.24, 2.45) is 11.3 Å². The number of amides is 1. The van der Waals surface area contributed by atoms with Crippen molar-refractivity contribution in [2.45, 2.75) is 19.3 Å². The van der Waals surface area contributed by atoms with E-state index < -0.39 is 11.4 Å². The van der Waals surface area contributed by atoms with E-state index >= 15 is 0 Å². The number of fused-ring (bicyclic) bond motifs is 1. The Bertz CT molecular complexity index is 789. The molecule has 2 fully saturated rings. The third-order valence-electron chi connectivity index (χ3n) is 5.32. The van der Waals surface area contributed by atoms with Crippen LogP contribution in [-0.2, 0) is 4.79 Å². The lowest BCUT2D eigenvalue weighted by atomic mass is 9.81. The van der Waals surface area contributed by atoms with Crippen molar-refractivity contribution in [3.05, 3.63) is 42.4 Å². The number of aliphatic carboxylic acids is 1. The highest BCUT2D eigenvalue weighted by atomic mass is 16.4. The molecule has 3 heterocycles. The third-order valence-corrected chi connectivity index (χ3v) is 5.32. The number of carboxylic acids is 1. The Hall–Kier alpha value is -2.70. The second kappa shape index (κ2) is 5.43. The average Bonchev–Trinajstić information content (AvgIpc) is 3.29. The van der Waals surface area contributed by atoms with Gasteiger partial charge in [-0.2, -0.15) is 5.10 Å². The van der Waals surface area contributed by atoms with Gasteiger partial charge in [0.25, 0.3) is 5.91 Å². The molecule has 1 amide bonds. The van der Waals surface area contributed by atoms with E-state index in [4.69, 9.17) is 0 Å². The molecule has 1 aliphatic heterocycles. The minimum absolute atomic E-state index is 0.0615. The summed E-state index contributed by atoms with van der Waals surface area (Å²) in [5.41, 5.74) is -0.246. The lowest BCUT2D eigenvalue weighted by Gasteiger charge is -2.23. The third kappa shape index (κ3) is 2.19. The van der Waals surface area contributed by atoms with E-state index in [1.54, 1.807) is 46.4 Å². The molecule has 2 aromatic rings. The largest absolute Gasteiger partial charge is 0.481 e. The molecule has 0 radical (unpaired) electrons. The summed E-state index contributed by atoms with van der Waals surface area (Å²) < 4.78 is 1.59. The molecule has 124 valence electrons. The van der Waals surface area contributed by atoms with E-state index in [2.05, 4.69) is 10.1 Å². The number of likely N-dealkylation sites (tertiary alicyclic amines) is 1. The van der Waals surface area contributed by atoms with E-state index in [9.17, 15) is 14.7 Å². The molecule has 1 saturated heterocycles. The van der Waals surface area contributed by atoms with Gasteiger partial charge in [-0.05, 0) is 37.0 Å². The fourth-order valence-corrected chi connectivity index (χ4v) is 4.06. The predicted octanol–water partition coefficient (Wildman–Crippen LogP) is 1.59. The highest BCUT2D eigenvalue weighted by molar-refractivity contribution is 5.95. The van der Waals surface area contributed by atoms with E-state index in [0.717, 1.165) is 12.8 Å². The first-order valence-electron chi connectivity index (χ1n) is 8.09. The van der Waals surface area contributed by atoms with Gasteiger partial charge in [-0.25, -0.2) is 9.67 Å². The van der Waals surface area contributed by atoms with Gasteiger partial charge in [-0.3, -0.25) is 9.59 Å². The van der Waals surface area contributed by atoms with Crippen LogP contribution in [0.3, 0.4) is 0 Å². The molecule has 0 spiro atoms. The quantitative estimate of drug-likeness (QED) is 0.925. The van der Waals surface area contributed by atoms with Crippen molar-refractivity contribution in [3.63, 3.8) is 0 Å². The number of carbonyl (C=O) groups is 2. The number of nitrogens with zero attached hydrogens (tertiary/aromatic N) is 4. The number of carbonyl (C=O) groups excluding carboxylic acids is 1. The Balaban J connectivity index is 1.59. The topological polar surface area (TPSA) is 88.3 Å². The monoisotopic (exact) mass is 326 g/mol. The fraction of sp³-hybridized carbons (Fsp3) is 0.412. The molecule has 7 nitrogen and oxygen atoms in total. The molecule has 0 bridgehead atoms. The first-order chi connectivity index (χ1) is 11.6. The van der Waals surface area contributed by atoms with Crippen LogP contribution in [0, 0.1) is 11.3 Å². The Kier molecular flexibility index (Phi) is 3.37. The molecule has 4 rings (SSSR count). The molecular weight excluding hydrogens is 308 g/mol. The number of carboxylic acid groups (broad SMARTS) is 1. The zero-order chi connectivity index (χ0) is 16.7. The molecule has 24 heavy (non-hydrogen) atoms. The van der Waals surface area contributed by atoms with E-state index in [0.29, 0.717) is 30.9 Å². The number of aromatic nitrogens is 3. The Morgan fingerprint density at radius 2 is 2.21 bits per heavy atom. The van der Waals surface area contributed by atoms with Gasteiger partial charge in [0.05, 0.1) is 5.41 Å². The van der Waals surface area contributed by atoms with Crippen molar-refractivity contribution in [1.29, 1.82) is 0 Å². The summed E-state index contributed by atoms with van der Waals surface area (Å²) in [6.07, 6.45) is 7.45. The standard InChI is InChI=1S/C17H18N4O3/c22-15(12-4-7-18-14(9-12)21-8-2-6-19-21)20-10-13-3-1-5-17(13,11-20)16(23)24/h2,4,6-9,13H,1,3,5,10-11H2,(H,23,24)/t13-,17+/m0/s1. The zero-order valence-electron chi connectivity index (χ0n) is 13.1. The molecule has 2 atom stereocenters. The number of hydrogen-bond acceptors (Lipinski definition) is 4. The number of pyridine rings is 1. The van der Waals surface area contributed by atoms with Gasteiger partial charge < -0.3 is 10.0 Å². The van der Waals surface area contributed by atoms with Crippen molar-refractivity contribution in [3.8, 4) is 5.82 Å². The second-order valence-corrected chi connectivity index (χ2v) is 6.59. The van der Waals surface area contributed by atoms with E-state index in [-0.39, 0.29) is 11.8 Å². The summed E-state index contributed by atoms with van der Waals surface area (Å²) >= 11 is 0. The minimum Gasteiger partial charge on any atom is -0.481 e. The predicted molar refractivity (Wildman–Crippen MR) is 84.7 cm³/mol. The molecule has 1 N–H and O–H groups in total. The molecule has 2 aromatic heterocycles. The molecule has 0 unspecified atom stereocenters. The van der Waals surface area contributed by atoms with Gasteiger partial charge in [0, 0.05) is 37.2 Å². The van der Waals surface area contributed by atoms with Crippen LogP contribution in [0.25, 0.3) is 5.82 Å². The van der Waals surface area contributed by atoms with Crippen LogP contribution in [0.1, 0.15) is 29.6 Å². The van der Waals surface area contributed by atoms with Gasteiger partial charge in [-0.1, -0.05) is 6.42 Å². The normalized spacial score (nSPS) is 25.7. The van der Waals surface area contributed by atoms with Gasteiger partial charge in [0.1, 0.15) is 0 Å². The van der Waals surface area contributed by atoms with Crippen LogP contribution in [0.2, 0.25) is 0 Å². The molecule has 0 aromatic carbocycles. The highest BCUT2D eigenvalue weighted by Gasteiger charge is 2.55. The molecule has 2 aliphatic rings. The van der Waals surface area contributed by atoms with E-state index in [1.165, 1.54) is 0 Å². The summed E-state index contributed by atoms with van der Waals surface area (Å²) in [5, 5.41) is 13.8. The van der Waals surface area contributed by atoms with Crippen LogP contribution in [0.4, 0.5) is 0 Å². The van der Waals surface area contributed by atoms with Crippen molar-refractivity contribution < 1.29 is 14.7 Å². The lowest BCUT2D eigenvalue weighted by Crippen LogP contribution is -2.37. The van der Waals surface area contributed by atoms with Gasteiger partial charge in [-0.15, -0.1) is 0 Å². The molecular formula is C17H18N4O3. The highest BCUT2D eigenvalue weighted by Crippen LogP contribution is 2.49.